The van der Waals surface area contributed by atoms with E-state index >= 15 is 0 Å². The van der Waals surface area contributed by atoms with Crippen LogP contribution in [0, 0.1) is 0 Å². The Morgan fingerprint density at radius 2 is 0.463 bits per heavy atom. The topological polar surface area (TPSA) is 325 Å². The number of aliphatic hydroxyl groups is 1. The number of rotatable bonds is 71. The van der Waals surface area contributed by atoms with Gasteiger partial charge in [-0.25, -0.2) is 14.0 Å². The molecule has 16 rings (SSSR count). The van der Waals surface area contributed by atoms with Gasteiger partial charge in [0, 0.05) is 39.5 Å². The Kier molecular flexibility index (Phi) is 42.6. The first-order valence-corrected chi connectivity index (χ1v) is 49.7. The molecule has 3 aromatic heterocycles. The summed E-state index contributed by atoms with van der Waals surface area (Å²) in [5.74, 6) is 3.37. The number of benzene rings is 13. The van der Waals surface area contributed by atoms with E-state index in [4.69, 9.17) is 114 Å². The predicted molar refractivity (Wildman–Crippen MR) is 556 cm³/mol. The lowest BCUT2D eigenvalue weighted by molar-refractivity contribution is -0.00979. The van der Waals surface area contributed by atoms with Crippen LogP contribution in [-0.4, -0.2) is 270 Å². The van der Waals surface area contributed by atoms with Gasteiger partial charge in [-0.15, -0.1) is 15.3 Å². The maximum absolute atomic E-state index is 11.2. The molecule has 774 valence electrons. The molecule has 33 nitrogen and oxygen atoms in total. The molecule has 147 heavy (non-hydrogen) atoms. The molecular weight excluding hydrogens is 1880 g/mol. The van der Waals surface area contributed by atoms with E-state index in [9.17, 15) is 5.11 Å². The number of nitrogens with zero attached hydrogens (tertiary/aromatic N) is 9. The van der Waals surface area contributed by atoms with E-state index in [1.54, 1.807) is 33.5 Å². The van der Waals surface area contributed by atoms with Crippen LogP contribution >= 0.6 is 0 Å². The van der Waals surface area contributed by atoms with Gasteiger partial charge in [-0.3, -0.25) is 0 Å². The highest BCUT2D eigenvalue weighted by Gasteiger charge is 2.23. The highest BCUT2D eigenvalue weighted by Crippen LogP contribution is 2.45. The molecule has 0 unspecified atom stereocenters. The van der Waals surface area contributed by atoms with Crippen LogP contribution in [0.1, 0.15) is 50.5 Å². The molecule has 0 saturated carbocycles. The van der Waals surface area contributed by atoms with Gasteiger partial charge in [0.25, 0.3) is 0 Å². The summed E-state index contributed by atoms with van der Waals surface area (Å²) in [7, 11) is 4.91. The Labute approximate surface area is 854 Å². The zero-order chi connectivity index (χ0) is 101. The number of aromatic nitrogens is 9. The third-order valence-corrected chi connectivity index (χ3v) is 23.8. The minimum atomic E-state index is -0.368. The van der Waals surface area contributed by atoms with Crippen LogP contribution in [0.5, 0.6) is 46.0 Å². The van der Waals surface area contributed by atoms with Gasteiger partial charge >= 0.3 is 0 Å². The monoisotopic (exact) mass is 2010 g/mol. The number of hydrogen-bond acceptors (Lipinski definition) is 30. The zero-order valence-corrected chi connectivity index (χ0v) is 83.6. The summed E-state index contributed by atoms with van der Waals surface area (Å²) >= 11 is 0. The molecule has 1 N–H and O–H groups in total. The Bertz CT molecular complexity index is 6300. The van der Waals surface area contributed by atoms with Crippen molar-refractivity contribution in [1.82, 2.24) is 45.0 Å². The van der Waals surface area contributed by atoms with Crippen LogP contribution < -0.4 is 37.9 Å². The highest BCUT2D eigenvalue weighted by molar-refractivity contribution is 6.04. The Morgan fingerprint density at radius 1 is 0.224 bits per heavy atom. The molecule has 0 saturated heterocycles. The maximum Gasteiger partial charge on any atom is 0.134 e. The quantitative estimate of drug-likeness (QED) is 0.0273. The maximum atomic E-state index is 11.2. The minimum Gasteiger partial charge on any atom is -0.491 e. The third kappa shape index (κ3) is 33.0. The largest absolute Gasteiger partial charge is 0.491 e. The fraction of sp³-hybridized carbons (Fsp3) is 0.368. The van der Waals surface area contributed by atoms with Gasteiger partial charge in [0.05, 0.1) is 229 Å². The average molecular weight is 2010 g/mol. The van der Waals surface area contributed by atoms with E-state index in [-0.39, 0.29) is 85.9 Å². The molecule has 3 heterocycles. The van der Waals surface area contributed by atoms with Gasteiger partial charge < -0.3 is 114 Å². The number of hydrogen-bond donors (Lipinski definition) is 1. The lowest BCUT2D eigenvalue weighted by Crippen LogP contribution is -2.14. The van der Waals surface area contributed by atoms with Crippen molar-refractivity contribution in [1.29, 1.82) is 0 Å². The van der Waals surface area contributed by atoms with Gasteiger partial charge in [0.1, 0.15) is 116 Å². The van der Waals surface area contributed by atoms with Crippen molar-refractivity contribution < 1.29 is 114 Å². The molecule has 0 aliphatic carbocycles. The molecule has 0 spiro atoms. The van der Waals surface area contributed by atoms with E-state index in [0.717, 1.165) is 81.3 Å². The van der Waals surface area contributed by atoms with Crippen LogP contribution in [0.2, 0.25) is 0 Å². The highest BCUT2D eigenvalue weighted by atomic mass is 16.6. The first-order valence-electron chi connectivity index (χ1n) is 49.7. The van der Waals surface area contributed by atoms with Crippen LogP contribution in [0.15, 0.2) is 249 Å². The van der Waals surface area contributed by atoms with Gasteiger partial charge in [0.15, 0.2) is 0 Å². The summed E-state index contributed by atoms with van der Waals surface area (Å²) in [4.78, 5) is 0. The van der Waals surface area contributed by atoms with Crippen LogP contribution in [0.4, 0.5) is 0 Å². The van der Waals surface area contributed by atoms with Gasteiger partial charge in [-0.2, -0.15) is 0 Å². The molecule has 0 bridgehead atoms. The first kappa shape index (κ1) is 106. The van der Waals surface area contributed by atoms with E-state index < -0.39 is 0 Å². The molecule has 0 aliphatic heterocycles. The summed E-state index contributed by atoms with van der Waals surface area (Å²) < 4.78 is 144. The Hall–Kier alpha value is -13.4. The summed E-state index contributed by atoms with van der Waals surface area (Å²) in [6.45, 7) is 12.4. The fourth-order valence-corrected chi connectivity index (χ4v) is 16.8. The van der Waals surface area contributed by atoms with Crippen LogP contribution in [0.25, 0.3) is 75.8 Å². The fourth-order valence-electron chi connectivity index (χ4n) is 16.8. The van der Waals surface area contributed by atoms with Crippen molar-refractivity contribution in [2.24, 2.45) is 0 Å². The van der Waals surface area contributed by atoms with E-state index in [1.807, 2.05) is 99.4 Å². The van der Waals surface area contributed by atoms with E-state index in [0.29, 0.717) is 262 Å². The second-order valence-electron chi connectivity index (χ2n) is 34.4. The van der Waals surface area contributed by atoms with Crippen LogP contribution in [0.3, 0.4) is 0 Å². The molecule has 0 fully saturated rings. The van der Waals surface area contributed by atoms with Crippen molar-refractivity contribution in [2.75, 3.05) is 220 Å². The Morgan fingerprint density at radius 3 is 0.748 bits per heavy atom. The molecule has 13 aromatic carbocycles. The van der Waals surface area contributed by atoms with Crippen molar-refractivity contribution >= 4 is 64.6 Å². The first-order chi connectivity index (χ1) is 72.7. The smallest absolute Gasteiger partial charge is 0.134 e. The predicted octanol–water partition coefficient (Wildman–Crippen LogP) is 16.9. The van der Waals surface area contributed by atoms with E-state index in [2.05, 4.69) is 177 Å². The van der Waals surface area contributed by atoms with E-state index in [1.165, 1.54) is 0 Å². The lowest BCUT2D eigenvalue weighted by Gasteiger charge is -2.20. The van der Waals surface area contributed by atoms with Crippen molar-refractivity contribution in [2.45, 2.75) is 59.3 Å². The number of fused-ring (bicyclic) bond motifs is 6. The molecule has 16 aromatic rings. The summed E-state index contributed by atoms with van der Waals surface area (Å²) in [6.07, 6.45) is 5.70. The van der Waals surface area contributed by atoms with Crippen LogP contribution in [-0.2, 0) is 130 Å². The molecule has 0 aliphatic rings. The zero-order valence-electron chi connectivity index (χ0n) is 83.6. The Balaban J connectivity index is 0.694. The lowest BCUT2D eigenvalue weighted by atomic mass is 9.97. The summed E-state index contributed by atoms with van der Waals surface area (Å²) in [6, 6.07) is 77.4. The molecular formula is C114H129N9O24. The second kappa shape index (κ2) is 58.8. The standard InChI is InChI=1S/C114H129N9O24/c1-125-28-31-128-34-37-131-40-43-134-46-49-137-52-55-140-97-58-85(60-99(69-97)145-81-94-72-121(118-115-94)75-109-103-22-10-4-16-87(103)64-88-17-5-11-23-104(88)109)79-143-101-67-93(114-112(142-57-54-139-51-48-136-45-42-133-39-36-130-33-30-127-3)62-84(78-124)63-113(114)147-83-96-74-123(120-117-96)77-111-107-26-14-8-20-91(107)66-92-21-9-15-27-108(92)111)68-102(71-101)144-80-86-59-98(141-56-53-138-50-47-135-44-41-132-38-35-129-32-29-126-2)70-100(61-86)146-82-95-73-122(119-116-95)76-110-105-24-12-6-18-89(105)65-90-19-7-13-25-106(90)110/h4-27,58-74,124H,28-57,75-83H2,1-3H3. The molecule has 0 amide bonds. The number of ether oxygens (including phenoxy) is 23. The normalized spacial score (nSPS) is 11.6. The van der Waals surface area contributed by atoms with Gasteiger partial charge in [-0.1, -0.05) is 161 Å². The van der Waals surface area contributed by atoms with Gasteiger partial charge in [0.2, 0.25) is 0 Å². The average Bonchev–Trinajstić information content (AvgIpc) is 1.00. The van der Waals surface area contributed by atoms with Crippen molar-refractivity contribution in [3.05, 3.63) is 300 Å². The number of methoxy groups -OCH3 is 3. The number of aliphatic hydroxyl groups excluding tert-OH is 1. The third-order valence-electron chi connectivity index (χ3n) is 23.8. The molecule has 0 atom stereocenters. The minimum absolute atomic E-state index is 0.0190. The van der Waals surface area contributed by atoms with Crippen molar-refractivity contribution in [3.8, 4) is 57.1 Å². The summed E-state index contributed by atoms with van der Waals surface area (Å²) in [5.41, 5.74) is 8.02. The van der Waals surface area contributed by atoms with Crippen molar-refractivity contribution in [3.63, 3.8) is 0 Å². The molecule has 33 heteroatoms. The second-order valence-corrected chi connectivity index (χ2v) is 34.4. The molecule has 0 radical (unpaired) electrons. The summed E-state index contributed by atoms with van der Waals surface area (Å²) in [5, 5.41) is 52.6. The SMILES string of the molecule is COCCOCCOCCOCCOCCOc1cc(COc2cc(OCc3cc(OCCOCCOCCOCCOCCOC)cc(OCc4cn(Cc5c6ccccc6cc6ccccc56)nn4)c3)cc(-c3c(OCCOCCOCCOCCOCCOC)cc(CO)cc3OCc3cn(Cc4c5ccccc5cc5ccccc45)nn3)c2)cc(OCc2cn(Cc3c4ccccc4cc4ccccc34)nn2)c1. The van der Waals surface area contributed by atoms with Gasteiger partial charge in [-0.05, 0) is 170 Å².